The minimum Gasteiger partial charge on any atom is -0.494 e. The number of nitrogens with zero attached hydrogens (tertiary/aromatic N) is 3. The van der Waals surface area contributed by atoms with Crippen molar-refractivity contribution in [2.75, 3.05) is 43.0 Å². The fourth-order valence-corrected chi connectivity index (χ4v) is 3.53. The summed E-state index contributed by atoms with van der Waals surface area (Å²) in [6.45, 7) is 4.82. The van der Waals surface area contributed by atoms with Crippen LogP contribution in [0, 0.1) is 0 Å². The third-order valence-electron chi connectivity index (χ3n) is 4.43. The molecule has 3 rings (SSSR count). The van der Waals surface area contributed by atoms with Crippen molar-refractivity contribution >= 4 is 40.4 Å². The molecule has 29 heavy (non-hydrogen) atoms. The topological polar surface area (TPSA) is 40.6 Å². The van der Waals surface area contributed by atoms with Crippen LogP contribution in [0.1, 0.15) is 12.5 Å². The van der Waals surface area contributed by atoms with Crippen LogP contribution < -0.4 is 15.0 Å². The Balaban J connectivity index is 1.56. The fourth-order valence-electron chi connectivity index (χ4n) is 2.94. The summed E-state index contributed by atoms with van der Waals surface area (Å²) in [6.07, 6.45) is -3.65. The van der Waals surface area contributed by atoms with Gasteiger partial charge in [0.2, 0.25) is 0 Å². The summed E-state index contributed by atoms with van der Waals surface area (Å²) in [5.41, 5.74) is -0.000970. The van der Waals surface area contributed by atoms with E-state index in [0.717, 1.165) is 23.7 Å². The van der Waals surface area contributed by atoms with Crippen molar-refractivity contribution in [2.45, 2.75) is 13.1 Å². The summed E-state index contributed by atoms with van der Waals surface area (Å²) in [5, 5.41) is 3.76. The first-order valence-electron chi connectivity index (χ1n) is 9.04. The molecular formula is C19H20ClF3N4OS. The summed E-state index contributed by atoms with van der Waals surface area (Å²) in [5.74, 6) is 1.14. The maximum atomic E-state index is 12.8. The molecule has 1 aliphatic heterocycles. The third kappa shape index (κ3) is 5.42. The van der Waals surface area contributed by atoms with E-state index in [1.807, 2.05) is 41.0 Å². The van der Waals surface area contributed by atoms with Crippen LogP contribution in [0.2, 0.25) is 5.02 Å². The van der Waals surface area contributed by atoms with Gasteiger partial charge in [-0.05, 0) is 49.5 Å². The van der Waals surface area contributed by atoms with Gasteiger partial charge in [-0.1, -0.05) is 11.6 Å². The Morgan fingerprint density at radius 3 is 2.41 bits per heavy atom. The van der Waals surface area contributed by atoms with Gasteiger partial charge in [-0.3, -0.25) is 0 Å². The highest BCUT2D eigenvalue weighted by atomic mass is 35.5. The van der Waals surface area contributed by atoms with Gasteiger partial charge in [0.1, 0.15) is 11.6 Å². The molecule has 1 fully saturated rings. The summed E-state index contributed by atoms with van der Waals surface area (Å²) in [6, 6.07) is 8.42. The molecule has 1 N–H and O–H groups in total. The minimum absolute atomic E-state index is 0.0108. The monoisotopic (exact) mass is 444 g/mol. The molecule has 10 heteroatoms. The molecule has 0 radical (unpaired) electrons. The van der Waals surface area contributed by atoms with Gasteiger partial charge in [-0.25, -0.2) is 4.98 Å². The second-order valence-corrected chi connectivity index (χ2v) is 7.18. The van der Waals surface area contributed by atoms with Crippen LogP contribution in [-0.2, 0) is 6.18 Å². The van der Waals surface area contributed by atoms with Gasteiger partial charge in [0.05, 0.1) is 17.2 Å². The van der Waals surface area contributed by atoms with Crippen molar-refractivity contribution in [3.8, 4) is 5.75 Å². The van der Waals surface area contributed by atoms with Gasteiger partial charge in [0.25, 0.3) is 0 Å². The van der Waals surface area contributed by atoms with E-state index >= 15 is 0 Å². The summed E-state index contributed by atoms with van der Waals surface area (Å²) >= 11 is 11.5. The van der Waals surface area contributed by atoms with Crippen LogP contribution in [0.5, 0.6) is 5.75 Å². The van der Waals surface area contributed by atoms with Crippen LogP contribution in [0.15, 0.2) is 36.5 Å². The lowest BCUT2D eigenvalue weighted by Crippen LogP contribution is -2.50. The largest absolute Gasteiger partial charge is 0.494 e. The van der Waals surface area contributed by atoms with E-state index in [4.69, 9.17) is 28.6 Å². The summed E-state index contributed by atoms with van der Waals surface area (Å²) in [4.78, 5) is 7.78. The average Bonchev–Trinajstić information content (AvgIpc) is 2.69. The molecule has 5 nitrogen and oxygen atoms in total. The zero-order valence-corrected chi connectivity index (χ0v) is 17.2. The second kappa shape index (κ2) is 9.04. The molecule has 0 unspecified atom stereocenters. The lowest BCUT2D eigenvalue weighted by atomic mass is 10.2. The smallest absolute Gasteiger partial charge is 0.417 e. The Bertz CT molecular complexity index is 856. The Morgan fingerprint density at radius 1 is 1.21 bits per heavy atom. The van der Waals surface area contributed by atoms with E-state index in [-0.39, 0.29) is 5.02 Å². The van der Waals surface area contributed by atoms with Gasteiger partial charge >= 0.3 is 6.18 Å². The summed E-state index contributed by atoms with van der Waals surface area (Å²) in [7, 11) is 0. The van der Waals surface area contributed by atoms with Gasteiger partial charge in [-0.15, -0.1) is 0 Å². The van der Waals surface area contributed by atoms with E-state index in [1.54, 1.807) is 0 Å². The fraction of sp³-hybridized carbons (Fsp3) is 0.368. The molecule has 156 valence electrons. The highest BCUT2D eigenvalue weighted by Gasteiger charge is 2.32. The molecule has 1 saturated heterocycles. The number of ether oxygens (including phenoxy) is 1. The number of pyridine rings is 1. The predicted molar refractivity (Wildman–Crippen MR) is 112 cm³/mol. The number of anilines is 2. The van der Waals surface area contributed by atoms with Crippen LogP contribution in [0.4, 0.5) is 24.7 Å². The number of benzene rings is 1. The van der Waals surface area contributed by atoms with Gasteiger partial charge in [0, 0.05) is 38.1 Å². The molecule has 0 spiro atoms. The quantitative estimate of drug-likeness (QED) is 0.691. The molecule has 1 aromatic heterocycles. The standard InChI is InChI=1S/C19H20ClF3N4OS/c1-2-28-15-5-3-14(4-6-15)25-18(29)27-9-7-26(8-10-27)17-16(20)11-13(12-24-17)19(21,22)23/h3-6,11-12H,2,7-10H2,1H3,(H,25,29). The number of nitrogens with one attached hydrogen (secondary N) is 1. The molecule has 0 amide bonds. The lowest BCUT2D eigenvalue weighted by molar-refractivity contribution is -0.137. The average molecular weight is 445 g/mol. The highest BCUT2D eigenvalue weighted by Crippen LogP contribution is 2.33. The third-order valence-corrected chi connectivity index (χ3v) is 5.07. The maximum absolute atomic E-state index is 12.8. The summed E-state index contributed by atoms with van der Waals surface area (Å²) < 4.78 is 43.7. The van der Waals surface area contributed by atoms with Gasteiger partial charge in [-0.2, -0.15) is 13.2 Å². The van der Waals surface area contributed by atoms with E-state index in [1.165, 1.54) is 0 Å². The van der Waals surface area contributed by atoms with Crippen molar-refractivity contribution in [3.63, 3.8) is 0 Å². The molecule has 0 bridgehead atoms. The highest BCUT2D eigenvalue weighted by molar-refractivity contribution is 7.80. The van der Waals surface area contributed by atoms with E-state index in [0.29, 0.717) is 43.7 Å². The maximum Gasteiger partial charge on any atom is 0.417 e. The Kier molecular flexibility index (Phi) is 6.69. The van der Waals surface area contributed by atoms with E-state index < -0.39 is 11.7 Å². The van der Waals surface area contributed by atoms with Crippen molar-refractivity contribution in [1.29, 1.82) is 0 Å². The van der Waals surface area contributed by atoms with Crippen LogP contribution in [-0.4, -0.2) is 47.8 Å². The van der Waals surface area contributed by atoms with Crippen LogP contribution in [0.3, 0.4) is 0 Å². The zero-order valence-electron chi connectivity index (χ0n) is 15.7. The second-order valence-electron chi connectivity index (χ2n) is 6.39. The normalized spacial score (nSPS) is 14.7. The Morgan fingerprint density at radius 2 is 1.86 bits per heavy atom. The first-order valence-corrected chi connectivity index (χ1v) is 9.83. The molecule has 2 aromatic rings. The number of hydrogen-bond donors (Lipinski definition) is 1. The lowest BCUT2D eigenvalue weighted by Gasteiger charge is -2.37. The molecule has 0 saturated carbocycles. The molecule has 1 aliphatic rings. The molecular weight excluding hydrogens is 425 g/mol. The van der Waals surface area contributed by atoms with Gasteiger partial charge in [0.15, 0.2) is 5.11 Å². The Hall–Kier alpha value is -2.26. The SMILES string of the molecule is CCOc1ccc(NC(=S)N2CCN(c3ncc(C(F)(F)F)cc3Cl)CC2)cc1. The zero-order chi connectivity index (χ0) is 21.0. The van der Waals surface area contributed by atoms with Crippen molar-refractivity contribution in [3.05, 3.63) is 47.1 Å². The number of rotatable bonds is 4. The number of piperazine rings is 1. The van der Waals surface area contributed by atoms with E-state index in [2.05, 4.69) is 10.3 Å². The molecule has 1 aromatic carbocycles. The van der Waals surface area contributed by atoms with Crippen molar-refractivity contribution < 1.29 is 17.9 Å². The predicted octanol–water partition coefficient (Wildman–Crippen LogP) is 4.67. The Labute approximate surface area is 177 Å². The first kappa shape index (κ1) is 21.4. The van der Waals surface area contributed by atoms with Crippen molar-refractivity contribution in [2.24, 2.45) is 0 Å². The molecule has 0 atom stereocenters. The molecule has 0 aliphatic carbocycles. The number of hydrogen-bond acceptors (Lipinski definition) is 4. The van der Waals surface area contributed by atoms with E-state index in [9.17, 15) is 13.2 Å². The molecule has 2 heterocycles. The van der Waals surface area contributed by atoms with Gasteiger partial charge < -0.3 is 19.9 Å². The number of aromatic nitrogens is 1. The minimum atomic E-state index is -4.47. The number of alkyl halides is 3. The van der Waals surface area contributed by atoms with Crippen LogP contribution in [0.25, 0.3) is 0 Å². The van der Waals surface area contributed by atoms with Crippen molar-refractivity contribution in [1.82, 2.24) is 9.88 Å². The number of halogens is 4. The number of thiocarbonyl (C=S) groups is 1. The first-order chi connectivity index (χ1) is 13.8. The van der Waals surface area contributed by atoms with Crippen LogP contribution >= 0.6 is 23.8 Å².